The van der Waals surface area contributed by atoms with Gasteiger partial charge in [-0.15, -0.1) is 0 Å². The Morgan fingerprint density at radius 2 is 2.05 bits per heavy atom. The molecule has 0 spiro atoms. The maximum Gasteiger partial charge on any atom is 0.275 e. The molecule has 19 heavy (non-hydrogen) atoms. The molecule has 0 unspecified atom stereocenters. The van der Waals surface area contributed by atoms with E-state index in [-0.39, 0.29) is 5.91 Å². The predicted molar refractivity (Wildman–Crippen MR) is 78.3 cm³/mol. The molecule has 2 N–H and O–H groups in total. The van der Waals surface area contributed by atoms with Crippen molar-refractivity contribution >= 4 is 33.3 Å². The van der Waals surface area contributed by atoms with E-state index in [2.05, 4.69) is 36.5 Å². The molecule has 0 fully saturated rings. The van der Waals surface area contributed by atoms with Crippen LogP contribution in [-0.4, -0.2) is 22.4 Å². The molecule has 2 aromatic heterocycles. The first-order valence-corrected chi connectivity index (χ1v) is 6.61. The number of carbonyl (C=O) groups is 1. The lowest BCUT2D eigenvalue weighted by atomic mass is 10.3. The van der Waals surface area contributed by atoms with Crippen LogP contribution in [0.1, 0.15) is 17.4 Å². The first-order chi connectivity index (χ1) is 9.19. The van der Waals surface area contributed by atoms with Crippen molar-refractivity contribution in [3.05, 3.63) is 46.8 Å². The lowest BCUT2D eigenvalue weighted by molar-refractivity contribution is 0.102. The van der Waals surface area contributed by atoms with E-state index in [0.29, 0.717) is 11.5 Å². The molecule has 0 aromatic carbocycles. The van der Waals surface area contributed by atoms with E-state index in [4.69, 9.17) is 0 Å². The molecule has 1 amide bonds. The molecule has 0 atom stereocenters. The molecule has 0 aliphatic rings. The number of nitrogens with one attached hydrogen (secondary N) is 2. The van der Waals surface area contributed by atoms with Gasteiger partial charge < -0.3 is 10.6 Å². The number of pyridine rings is 2. The second kappa shape index (κ2) is 6.29. The van der Waals surface area contributed by atoms with Crippen LogP contribution in [0.3, 0.4) is 0 Å². The van der Waals surface area contributed by atoms with Gasteiger partial charge in [0.15, 0.2) is 0 Å². The molecule has 98 valence electrons. The summed E-state index contributed by atoms with van der Waals surface area (Å²) in [6.07, 6.45) is 3.25. The number of hydrogen-bond donors (Lipinski definition) is 2. The summed E-state index contributed by atoms with van der Waals surface area (Å²) in [7, 11) is 0. The molecule has 2 heterocycles. The smallest absolute Gasteiger partial charge is 0.275 e. The van der Waals surface area contributed by atoms with Gasteiger partial charge in [0.25, 0.3) is 5.91 Å². The molecular formula is C13H13BrN4O. The normalized spacial score (nSPS) is 10.0. The maximum absolute atomic E-state index is 11.9. The van der Waals surface area contributed by atoms with E-state index >= 15 is 0 Å². The lowest BCUT2D eigenvalue weighted by Gasteiger charge is -2.05. The minimum Gasteiger partial charge on any atom is -0.384 e. The Morgan fingerprint density at radius 1 is 1.21 bits per heavy atom. The largest absolute Gasteiger partial charge is 0.384 e. The highest BCUT2D eigenvalue weighted by Crippen LogP contribution is 2.12. The quantitative estimate of drug-likeness (QED) is 0.909. The first kappa shape index (κ1) is 13.5. The van der Waals surface area contributed by atoms with Crippen LogP contribution in [0.2, 0.25) is 0 Å². The van der Waals surface area contributed by atoms with Crippen molar-refractivity contribution in [2.24, 2.45) is 0 Å². The number of hydrogen-bond acceptors (Lipinski definition) is 4. The van der Waals surface area contributed by atoms with E-state index < -0.39 is 0 Å². The number of anilines is 2. The Labute approximate surface area is 119 Å². The highest BCUT2D eigenvalue weighted by molar-refractivity contribution is 9.10. The van der Waals surface area contributed by atoms with E-state index in [0.717, 1.165) is 16.7 Å². The molecule has 0 saturated heterocycles. The molecule has 6 heteroatoms. The van der Waals surface area contributed by atoms with Gasteiger partial charge in [0.1, 0.15) is 11.5 Å². The molecule has 2 rings (SSSR count). The second-order valence-corrected chi connectivity index (χ2v) is 4.69. The molecule has 2 aromatic rings. The number of nitrogens with zero attached hydrogens (tertiary/aromatic N) is 2. The third-order valence-electron chi connectivity index (χ3n) is 2.35. The van der Waals surface area contributed by atoms with Gasteiger partial charge in [-0.1, -0.05) is 0 Å². The standard InChI is InChI=1S/C13H13BrN4O/c1-2-15-10-4-5-11(16-8-10)13(19)18-12-6-3-9(14)7-17-12/h3-8,15H,2H2,1H3,(H,17,18,19). The first-order valence-electron chi connectivity index (χ1n) is 5.82. The Balaban J connectivity index is 2.05. The van der Waals surface area contributed by atoms with E-state index in [1.165, 1.54) is 0 Å². The molecular weight excluding hydrogens is 308 g/mol. The number of rotatable bonds is 4. The number of amides is 1. The summed E-state index contributed by atoms with van der Waals surface area (Å²) >= 11 is 3.28. The summed E-state index contributed by atoms with van der Waals surface area (Å²) in [5.74, 6) is 0.212. The minimum absolute atomic E-state index is 0.280. The van der Waals surface area contributed by atoms with Crippen LogP contribution < -0.4 is 10.6 Å². The summed E-state index contributed by atoms with van der Waals surface area (Å²) in [4.78, 5) is 20.1. The zero-order valence-electron chi connectivity index (χ0n) is 10.4. The van der Waals surface area contributed by atoms with Crippen molar-refractivity contribution in [2.45, 2.75) is 6.92 Å². The van der Waals surface area contributed by atoms with E-state index in [1.54, 1.807) is 24.5 Å². The van der Waals surface area contributed by atoms with Crippen molar-refractivity contribution in [1.82, 2.24) is 9.97 Å². The minimum atomic E-state index is -0.280. The van der Waals surface area contributed by atoms with Crippen LogP contribution in [0.25, 0.3) is 0 Å². The SMILES string of the molecule is CCNc1ccc(C(=O)Nc2ccc(Br)cn2)nc1. The summed E-state index contributed by atoms with van der Waals surface area (Å²) in [6.45, 7) is 2.82. The van der Waals surface area contributed by atoms with Gasteiger partial charge in [-0.2, -0.15) is 0 Å². The van der Waals surface area contributed by atoms with Gasteiger partial charge in [-0.05, 0) is 47.1 Å². The van der Waals surface area contributed by atoms with Gasteiger partial charge in [0.2, 0.25) is 0 Å². The predicted octanol–water partition coefficient (Wildman–Crippen LogP) is 2.92. The Hall–Kier alpha value is -1.95. The second-order valence-electron chi connectivity index (χ2n) is 3.78. The van der Waals surface area contributed by atoms with Crippen molar-refractivity contribution in [3.63, 3.8) is 0 Å². The summed E-state index contributed by atoms with van der Waals surface area (Å²) in [6, 6.07) is 7.02. The molecule has 0 radical (unpaired) electrons. The highest BCUT2D eigenvalue weighted by atomic mass is 79.9. The molecule has 0 saturated carbocycles. The van der Waals surface area contributed by atoms with Crippen LogP contribution in [0.5, 0.6) is 0 Å². The fraction of sp³-hybridized carbons (Fsp3) is 0.154. The average Bonchev–Trinajstić information content (AvgIpc) is 2.42. The average molecular weight is 321 g/mol. The van der Waals surface area contributed by atoms with Crippen LogP contribution >= 0.6 is 15.9 Å². The number of carbonyl (C=O) groups excluding carboxylic acids is 1. The van der Waals surface area contributed by atoms with Gasteiger partial charge in [-0.25, -0.2) is 9.97 Å². The lowest BCUT2D eigenvalue weighted by Crippen LogP contribution is -2.14. The Kier molecular flexibility index (Phi) is 4.46. The van der Waals surface area contributed by atoms with E-state index in [9.17, 15) is 4.79 Å². The highest BCUT2D eigenvalue weighted by Gasteiger charge is 2.08. The molecule has 0 aliphatic carbocycles. The van der Waals surface area contributed by atoms with Gasteiger partial charge in [0, 0.05) is 17.2 Å². The van der Waals surface area contributed by atoms with Crippen LogP contribution in [0, 0.1) is 0 Å². The summed E-state index contributed by atoms with van der Waals surface area (Å²) in [5.41, 5.74) is 1.24. The third-order valence-corrected chi connectivity index (χ3v) is 2.82. The third kappa shape index (κ3) is 3.75. The van der Waals surface area contributed by atoms with Crippen LogP contribution in [0.4, 0.5) is 11.5 Å². The Bertz CT molecular complexity index is 554. The van der Waals surface area contributed by atoms with Gasteiger partial charge in [-0.3, -0.25) is 4.79 Å². The summed E-state index contributed by atoms with van der Waals surface area (Å²) in [5, 5.41) is 5.80. The van der Waals surface area contributed by atoms with Crippen molar-refractivity contribution in [3.8, 4) is 0 Å². The fourth-order valence-corrected chi connectivity index (χ4v) is 1.70. The molecule has 0 aliphatic heterocycles. The molecule has 0 bridgehead atoms. The number of aromatic nitrogens is 2. The maximum atomic E-state index is 11.9. The zero-order valence-corrected chi connectivity index (χ0v) is 11.9. The van der Waals surface area contributed by atoms with Gasteiger partial charge in [0.05, 0.1) is 11.9 Å². The summed E-state index contributed by atoms with van der Waals surface area (Å²) < 4.78 is 0.860. The van der Waals surface area contributed by atoms with Crippen molar-refractivity contribution in [1.29, 1.82) is 0 Å². The monoisotopic (exact) mass is 320 g/mol. The zero-order chi connectivity index (χ0) is 13.7. The topological polar surface area (TPSA) is 66.9 Å². The van der Waals surface area contributed by atoms with Crippen molar-refractivity contribution < 1.29 is 4.79 Å². The van der Waals surface area contributed by atoms with E-state index in [1.807, 2.05) is 19.1 Å². The fourth-order valence-electron chi connectivity index (χ4n) is 1.47. The van der Waals surface area contributed by atoms with Crippen LogP contribution in [-0.2, 0) is 0 Å². The Morgan fingerprint density at radius 3 is 2.63 bits per heavy atom. The van der Waals surface area contributed by atoms with Crippen LogP contribution in [0.15, 0.2) is 41.1 Å². The molecule has 5 nitrogen and oxygen atoms in total. The van der Waals surface area contributed by atoms with Crippen molar-refractivity contribution in [2.75, 3.05) is 17.2 Å². The number of halogens is 1. The van der Waals surface area contributed by atoms with Gasteiger partial charge >= 0.3 is 0 Å².